The van der Waals surface area contributed by atoms with Gasteiger partial charge in [-0.15, -0.1) is 0 Å². The third-order valence-corrected chi connectivity index (χ3v) is 2.32. The lowest BCUT2D eigenvalue weighted by Gasteiger charge is -2.19. The maximum Gasteiger partial charge on any atom is 0.330 e. The summed E-state index contributed by atoms with van der Waals surface area (Å²) in [5, 5.41) is 0. The number of ether oxygens (including phenoxy) is 1. The van der Waals surface area contributed by atoms with Gasteiger partial charge in [-0.3, -0.25) is 11.3 Å². The minimum atomic E-state index is -4.09. The van der Waals surface area contributed by atoms with Crippen LogP contribution in [0.3, 0.4) is 0 Å². The van der Waals surface area contributed by atoms with Gasteiger partial charge in [-0.2, -0.15) is 8.78 Å². The Kier molecular flexibility index (Phi) is 8.45. The molecular formula is C10H20F4N2O. The van der Waals surface area contributed by atoms with E-state index in [0.717, 1.165) is 19.3 Å². The first kappa shape index (κ1) is 16.6. The predicted octanol–water partition coefficient (Wildman–Crippen LogP) is 2.32. The number of nitrogens with two attached hydrogens (primary N) is 1. The summed E-state index contributed by atoms with van der Waals surface area (Å²) >= 11 is 0. The van der Waals surface area contributed by atoms with Crippen molar-refractivity contribution in [2.75, 3.05) is 13.2 Å². The fourth-order valence-corrected chi connectivity index (χ4v) is 1.26. The molecule has 0 fully saturated rings. The Morgan fingerprint density at radius 1 is 1.29 bits per heavy atom. The van der Waals surface area contributed by atoms with Crippen molar-refractivity contribution in [1.29, 1.82) is 0 Å². The van der Waals surface area contributed by atoms with Crippen LogP contribution in [0.1, 0.15) is 32.6 Å². The zero-order valence-corrected chi connectivity index (χ0v) is 9.89. The van der Waals surface area contributed by atoms with E-state index in [9.17, 15) is 17.6 Å². The quantitative estimate of drug-likeness (QED) is 0.274. The molecule has 0 saturated carbocycles. The molecule has 0 aromatic carbocycles. The van der Waals surface area contributed by atoms with Crippen LogP contribution in [0, 0.1) is 0 Å². The highest BCUT2D eigenvalue weighted by Gasteiger charge is 2.41. The Balaban J connectivity index is 3.76. The average Bonchev–Trinajstić information content (AvgIpc) is 2.26. The lowest BCUT2D eigenvalue weighted by atomic mass is 10.1. The summed E-state index contributed by atoms with van der Waals surface area (Å²) in [6.07, 6.45) is -0.107. The molecule has 0 radical (unpaired) electrons. The smallest absolute Gasteiger partial charge is 0.330 e. The molecule has 3 nitrogen and oxygen atoms in total. The standard InChI is InChI=1S/C10H20F4N2O/c1-2-3-4-5-8(16-15)6-17-7-10(13,14)9(11)12/h8-9,16H,2-7,15H2,1H3. The SMILES string of the molecule is CCCCCC(COCC(F)(F)C(F)F)NN. The molecule has 0 heterocycles. The Labute approximate surface area is 98.7 Å². The molecule has 17 heavy (non-hydrogen) atoms. The second-order valence-corrected chi connectivity index (χ2v) is 3.94. The summed E-state index contributed by atoms with van der Waals surface area (Å²) in [5.74, 6) is 1.10. The summed E-state index contributed by atoms with van der Waals surface area (Å²) in [6.45, 7) is 0.656. The lowest BCUT2D eigenvalue weighted by Crippen LogP contribution is -2.40. The van der Waals surface area contributed by atoms with E-state index in [1.165, 1.54) is 0 Å². The molecule has 0 spiro atoms. The third-order valence-electron chi connectivity index (χ3n) is 2.32. The van der Waals surface area contributed by atoms with Gasteiger partial charge in [-0.1, -0.05) is 26.2 Å². The first-order chi connectivity index (χ1) is 7.94. The summed E-state index contributed by atoms with van der Waals surface area (Å²) < 4.78 is 53.1. The highest BCUT2D eigenvalue weighted by molar-refractivity contribution is 4.69. The van der Waals surface area contributed by atoms with E-state index >= 15 is 0 Å². The molecule has 7 heteroatoms. The van der Waals surface area contributed by atoms with Crippen molar-refractivity contribution in [2.45, 2.75) is 51.0 Å². The minimum absolute atomic E-state index is 0.0947. The van der Waals surface area contributed by atoms with Crippen LogP contribution in [0.5, 0.6) is 0 Å². The molecule has 0 aliphatic rings. The second kappa shape index (κ2) is 8.66. The van der Waals surface area contributed by atoms with Gasteiger partial charge in [0.05, 0.1) is 6.61 Å². The van der Waals surface area contributed by atoms with Gasteiger partial charge in [0.25, 0.3) is 0 Å². The van der Waals surface area contributed by atoms with Gasteiger partial charge in [-0.25, -0.2) is 8.78 Å². The van der Waals surface area contributed by atoms with Gasteiger partial charge in [0.2, 0.25) is 0 Å². The van der Waals surface area contributed by atoms with Crippen LogP contribution in [0.2, 0.25) is 0 Å². The Bertz CT molecular complexity index is 193. The number of rotatable bonds is 10. The van der Waals surface area contributed by atoms with Gasteiger partial charge in [0, 0.05) is 6.04 Å². The number of hydrogen-bond donors (Lipinski definition) is 2. The summed E-state index contributed by atoms with van der Waals surface area (Å²) in [4.78, 5) is 0. The molecule has 1 atom stereocenters. The molecule has 3 N–H and O–H groups in total. The zero-order chi connectivity index (χ0) is 13.3. The number of alkyl halides is 4. The van der Waals surface area contributed by atoms with Crippen molar-refractivity contribution in [3.63, 3.8) is 0 Å². The molecule has 1 unspecified atom stereocenters. The molecule has 0 aromatic rings. The second-order valence-electron chi connectivity index (χ2n) is 3.94. The molecule has 0 amide bonds. The van der Waals surface area contributed by atoms with Crippen molar-refractivity contribution >= 4 is 0 Å². The molecule has 0 aliphatic heterocycles. The number of nitrogens with one attached hydrogen (secondary N) is 1. The molecule has 104 valence electrons. The van der Waals surface area contributed by atoms with Gasteiger partial charge < -0.3 is 4.74 Å². The van der Waals surface area contributed by atoms with Crippen LogP contribution in [0.15, 0.2) is 0 Å². The summed E-state index contributed by atoms with van der Waals surface area (Å²) in [5.41, 5.74) is 2.42. The normalized spacial score (nSPS) is 14.3. The molecule has 0 saturated heterocycles. The molecule has 0 bridgehead atoms. The Morgan fingerprint density at radius 2 is 1.94 bits per heavy atom. The number of unbranched alkanes of at least 4 members (excludes halogenated alkanes) is 2. The van der Waals surface area contributed by atoms with Gasteiger partial charge in [0.15, 0.2) is 0 Å². The molecule has 0 aromatic heterocycles. The van der Waals surface area contributed by atoms with Crippen LogP contribution in [0.4, 0.5) is 17.6 Å². The predicted molar refractivity (Wildman–Crippen MR) is 57.0 cm³/mol. The van der Waals surface area contributed by atoms with E-state index in [1.54, 1.807) is 0 Å². The van der Waals surface area contributed by atoms with E-state index in [4.69, 9.17) is 5.84 Å². The van der Waals surface area contributed by atoms with Crippen LogP contribution < -0.4 is 11.3 Å². The summed E-state index contributed by atoms with van der Waals surface area (Å²) in [6, 6.07) is -0.282. The van der Waals surface area contributed by atoms with Crippen LogP contribution in [-0.2, 0) is 4.74 Å². The monoisotopic (exact) mass is 260 g/mol. The Hall–Kier alpha value is -0.400. The van der Waals surface area contributed by atoms with E-state index in [0.29, 0.717) is 6.42 Å². The van der Waals surface area contributed by atoms with Gasteiger partial charge in [-0.05, 0) is 6.42 Å². The first-order valence-corrected chi connectivity index (χ1v) is 5.63. The highest BCUT2D eigenvalue weighted by atomic mass is 19.3. The van der Waals surface area contributed by atoms with Crippen molar-refractivity contribution < 1.29 is 22.3 Å². The molecule has 0 rings (SSSR count). The largest absolute Gasteiger partial charge is 0.373 e. The van der Waals surface area contributed by atoms with E-state index in [2.05, 4.69) is 10.2 Å². The van der Waals surface area contributed by atoms with Gasteiger partial charge in [0.1, 0.15) is 6.61 Å². The number of hydrogen-bond acceptors (Lipinski definition) is 3. The summed E-state index contributed by atoms with van der Waals surface area (Å²) in [7, 11) is 0. The van der Waals surface area contributed by atoms with Crippen molar-refractivity contribution in [1.82, 2.24) is 5.43 Å². The minimum Gasteiger partial charge on any atom is -0.373 e. The van der Waals surface area contributed by atoms with Crippen LogP contribution >= 0.6 is 0 Å². The number of hydrazine groups is 1. The lowest BCUT2D eigenvalue weighted by molar-refractivity contribution is -0.167. The van der Waals surface area contributed by atoms with Gasteiger partial charge >= 0.3 is 12.3 Å². The Morgan fingerprint density at radius 3 is 2.41 bits per heavy atom. The highest BCUT2D eigenvalue weighted by Crippen LogP contribution is 2.22. The number of halogens is 4. The fraction of sp³-hybridized carbons (Fsp3) is 1.00. The van der Waals surface area contributed by atoms with E-state index < -0.39 is 19.0 Å². The van der Waals surface area contributed by atoms with E-state index in [1.807, 2.05) is 6.92 Å². The maximum absolute atomic E-state index is 12.5. The molecular weight excluding hydrogens is 240 g/mol. The maximum atomic E-state index is 12.5. The van der Waals surface area contributed by atoms with Crippen molar-refractivity contribution in [3.8, 4) is 0 Å². The van der Waals surface area contributed by atoms with Crippen molar-refractivity contribution in [3.05, 3.63) is 0 Å². The van der Waals surface area contributed by atoms with Crippen molar-refractivity contribution in [2.24, 2.45) is 5.84 Å². The van der Waals surface area contributed by atoms with Crippen LogP contribution in [0.25, 0.3) is 0 Å². The first-order valence-electron chi connectivity index (χ1n) is 5.63. The topological polar surface area (TPSA) is 47.3 Å². The van der Waals surface area contributed by atoms with E-state index in [-0.39, 0.29) is 12.6 Å². The average molecular weight is 260 g/mol. The fourth-order valence-electron chi connectivity index (χ4n) is 1.26. The third kappa shape index (κ3) is 7.51. The van der Waals surface area contributed by atoms with Crippen LogP contribution in [-0.4, -0.2) is 31.6 Å². The molecule has 0 aliphatic carbocycles. The zero-order valence-electron chi connectivity index (χ0n) is 9.89.